The number of likely N-dealkylation sites (N-methyl/N-ethyl adjacent to an activating group) is 1. The van der Waals surface area contributed by atoms with Crippen LogP contribution in [0.4, 0.5) is 0 Å². The SMILES string of the molecule is CC/C=C/C/C=C/C/C=C/C/C=C/C/C=C/C/C=C/CCCC(=O)OCC(COCCC(C(=O)[O-])[N+](C)(C)C)OC(=O)CCCCCCCCCCCCCCCCCCCCCCC. The molecule has 0 fully saturated rings. The van der Waals surface area contributed by atoms with Crippen LogP contribution in [0.2, 0.25) is 0 Å². The van der Waals surface area contributed by atoms with E-state index in [1.807, 2.05) is 0 Å². The summed E-state index contributed by atoms with van der Waals surface area (Å²) in [5.74, 6) is -1.81. The third-order valence-corrected chi connectivity index (χ3v) is 11.6. The summed E-state index contributed by atoms with van der Waals surface area (Å²) in [5, 5.41) is 11.7. The van der Waals surface area contributed by atoms with Crippen LogP contribution in [-0.4, -0.2) is 75.5 Å². The van der Waals surface area contributed by atoms with Gasteiger partial charge < -0.3 is 28.6 Å². The number of ether oxygens (including phenoxy) is 3. The van der Waals surface area contributed by atoms with Crippen LogP contribution in [0.1, 0.15) is 219 Å². The van der Waals surface area contributed by atoms with Crippen molar-refractivity contribution in [2.45, 2.75) is 231 Å². The molecule has 0 aromatic rings. The van der Waals surface area contributed by atoms with E-state index in [1.165, 1.54) is 116 Å². The number of carbonyl (C=O) groups excluding carboxylic acids is 3. The fourth-order valence-electron chi connectivity index (χ4n) is 7.56. The molecule has 0 N–H and O–H groups in total. The van der Waals surface area contributed by atoms with Crippen molar-refractivity contribution in [1.29, 1.82) is 0 Å². The number of unbranched alkanes of at least 4 members (excludes halogenated alkanes) is 21. The number of esters is 2. The third kappa shape index (κ3) is 45.7. The lowest BCUT2D eigenvalue weighted by Crippen LogP contribution is -2.55. The van der Waals surface area contributed by atoms with E-state index in [0.717, 1.165) is 64.2 Å². The van der Waals surface area contributed by atoms with Crippen LogP contribution in [-0.2, 0) is 28.6 Å². The molecule has 0 bridgehead atoms. The maximum Gasteiger partial charge on any atom is 0.306 e. The molecule has 8 nitrogen and oxygen atoms in total. The zero-order valence-electron chi connectivity index (χ0n) is 42.6. The zero-order chi connectivity index (χ0) is 47.7. The monoisotopic (exact) mass is 910 g/mol. The molecule has 65 heavy (non-hydrogen) atoms. The lowest BCUT2D eigenvalue weighted by molar-refractivity contribution is -0.889. The molecule has 0 aromatic carbocycles. The minimum absolute atomic E-state index is 0.0216. The minimum atomic E-state index is -1.13. The summed E-state index contributed by atoms with van der Waals surface area (Å²) in [5.41, 5.74) is 0. The van der Waals surface area contributed by atoms with Crippen LogP contribution in [0, 0.1) is 0 Å². The summed E-state index contributed by atoms with van der Waals surface area (Å²) >= 11 is 0. The summed E-state index contributed by atoms with van der Waals surface area (Å²) in [6, 6.07) is -0.737. The highest BCUT2D eigenvalue weighted by atomic mass is 16.6. The molecular formula is C57H99NO7. The maximum atomic E-state index is 12.8. The average molecular weight is 910 g/mol. The van der Waals surface area contributed by atoms with E-state index in [9.17, 15) is 19.5 Å². The number of carboxylic acid groups (broad SMARTS) is 1. The number of quaternary nitrogens is 1. The summed E-state index contributed by atoms with van der Waals surface area (Å²) in [4.78, 5) is 37.0. The van der Waals surface area contributed by atoms with E-state index in [2.05, 4.69) is 86.8 Å². The minimum Gasteiger partial charge on any atom is -0.544 e. The molecule has 0 radical (unpaired) electrons. The number of rotatable bonds is 47. The van der Waals surface area contributed by atoms with Gasteiger partial charge in [-0.2, -0.15) is 0 Å². The molecule has 0 saturated heterocycles. The van der Waals surface area contributed by atoms with E-state index in [0.29, 0.717) is 12.8 Å². The number of nitrogens with zero attached hydrogens (tertiary/aromatic N) is 1. The zero-order valence-corrected chi connectivity index (χ0v) is 42.6. The van der Waals surface area contributed by atoms with Gasteiger partial charge in [-0.25, -0.2) is 0 Å². The van der Waals surface area contributed by atoms with Crippen LogP contribution in [0.25, 0.3) is 0 Å². The van der Waals surface area contributed by atoms with E-state index >= 15 is 0 Å². The maximum absolute atomic E-state index is 12.8. The Balaban J connectivity index is 4.31. The molecule has 0 aromatic heterocycles. The van der Waals surface area contributed by atoms with Gasteiger partial charge in [-0.15, -0.1) is 0 Å². The van der Waals surface area contributed by atoms with Crippen molar-refractivity contribution >= 4 is 17.9 Å². The largest absolute Gasteiger partial charge is 0.544 e. The van der Waals surface area contributed by atoms with Crippen molar-refractivity contribution in [3.63, 3.8) is 0 Å². The van der Waals surface area contributed by atoms with Gasteiger partial charge in [0.25, 0.3) is 0 Å². The van der Waals surface area contributed by atoms with E-state index in [-0.39, 0.29) is 49.1 Å². The molecule has 2 atom stereocenters. The first-order valence-electron chi connectivity index (χ1n) is 26.5. The standard InChI is InChI=1S/C57H99NO7/c1-6-8-10-12-14-16-18-20-22-24-26-28-30-32-34-36-38-40-42-44-46-48-56(60)65-53(51-63-50-49-54(57(61)62)58(3,4)5)52-64-55(59)47-45-43-41-39-37-35-33-31-29-27-25-23-21-19-17-15-13-11-9-7-2/h9,11,15,17,21,23,27,29,33,35,39,41,53-54H,6-8,10,12-14,16,18-20,22,24-26,28,30-32,34,36-38,40,42-52H2,1-5H3/b11-9+,17-15+,23-21+,29-27+,35-33+,41-39+. The number of allylic oxidation sites excluding steroid dienone is 12. The molecule has 0 saturated carbocycles. The second-order valence-electron chi connectivity index (χ2n) is 18.7. The van der Waals surface area contributed by atoms with Crippen LogP contribution >= 0.6 is 0 Å². The number of aliphatic carboxylic acids is 1. The van der Waals surface area contributed by atoms with Gasteiger partial charge in [0, 0.05) is 19.3 Å². The molecular weight excluding hydrogens is 811 g/mol. The quantitative estimate of drug-likeness (QED) is 0.0259. The Hall–Kier alpha value is -3.23. The molecule has 2 unspecified atom stereocenters. The van der Waals surface area contributed by atoms with E-state index < -0.39 is 18.1 Å². The summed E-state index contributed by atoms with van der Waals surface area (Å²) in [6.45, 7) is 4.51. The summed E-state index contributed by atoms with van der Waals surface area (Å²) in [7, 11) is 5.40. The molecule has 0 rings (SSSR count). The van der Waals surface area contributed by atoms with Crippen molar-refractivity contribution in [1.82, 2.24) is 0 Å². The van der Waals surface area contributed by atoms with Crippen molar-refractivity contribution in [3.8, 4) is 0 Å². The topological polar surface area (TPSA) is 102 Å². The van der Waals surface area contributed by atoms with E-state index in [4.69, 9.17) is 14.2 Å². The van der Waals surface area contributed by atoms with Gasteiger partial charge in [0.2, 0.25) is 0 Å². The van der Waals surface area contributed by atoms with Crippen LogP contribution in [0.3, 0.4) is 0 Å². The first-order valence-corrected chi connectivity index (χ1v) is 26.5. The van der Waals surface area contributed by atoms with Crippen LogP contribution in [0.5, 0.6) is 0 Å². The molecule has 0 amide bonds. The van der Waals surface area contributed by atoms with Gasteiger partial charge in [0.05, 0.1) is 40.3 Å². The van der Waals surface area contributed by atoms with Crippen molar-refractivity contribution in [2.75, 3.05) is 41.0 Å². The van der Waals surface area contributed by atoms with Gasteiger partial charge in [-0.1, -0.05) is 215 Å². The molecule has 0 aliphatic heterocycles. The summed E-state index contributed by atoms with van der Waals surface area (Å²) in [6.07, 6.45) is 60.9. The average Bonchev–Trinajstić information content (AvgIpc) is 3.27. The van der Waals surface area contributed by atoms with Gasteiger partial charge in [0.1, 0.15) is 12.6 Å². The van der Waals surface area contributed by atoms with Gasteiger partial charge >= 0.3 is 11.9 Å². The number of carbonyl (C=O) groups is 3. The molecule has 0 heterocycles. The Morgan fingerprint density at radius 2 is 0.862 bits per heavy atom. The first kappa shape index (κ1) is 61.8. The Kier molecular flexibility index (Phi) is 44.9. The second-order valence-corrected chi connectivity index (χ2v) is 18.7. The normalized spacial score (nSPS) is 13.4. The molecule has 0 spiro atoms. The fraction of sp³-hybridized carbons (Fsp3) is 0.737. The van der Waals surface area contributed by atoms with Gasteiger partial charge in [-0.3, -0.25) is 9.59 Å². The highest BCUT2D eigenvalue weighted by molar-refractivity contribution is 5.70. The Labute approximate surface area is 400 Å². The second kappa shape index (κ2) is 47.3. The lowest BCUT2D eigenvalue weighted by Gasteiger charge is -2.34. The summed E-state index contributed by atoms with van der Waals surface area (Å²) < 4.78 is 17.2. The first-order chi connectivity index (χ1) is 31.6. The highest BCUT2D eigenvalue weighted by Crippen LogP contribution is 2.16. The number of hydrogen-bond acceptors (Lipinski definition) is 7. The predicted octanol–water partition coefficient (Wildman–Crippen LogP) is 14.1. The van der Waals surface area contributed by atoms with Crippen molar-refractivity contribution < 1.29 is 38.2 Å². The molecule has 8 heteroatoms. The molecule has 0 aliphatic carbocycles. The molecule has 0 aliphatic rings. The Bertz CT molecular complexity index is 1290. The molecule has 374 valence electrons. The smallest absolute Gasteiger partial charge is 0.306 e. The van der Waals surface area contributed by atoms with Crippen LogP contribution in [0.15, 0.2) is 72.9 Å². The van der Waals surface area contributed by atoms with Crippen molar-refractivity contribution in [3.05, 3.63) is 72.9 Å². The third-order valence-electron chi connectivity index (χ3n) is 11.6. The highest BCUT2D eigenvalue weighted by Gasteiger charge is 2.25. The Morgan fingerprint density at radius 3 is 1.26 bits per heavy atom. The van der Waals surface area contributed by atoms with Crippen LogP contribution < -0.4 is 5.11 Å². The van der Waals surface area contributed by atoms with Gasteiger partial charge in [-0.05, 0) is 57.8 Å². The number of hydrogen-bond donors (Lipinski definition) is 0. The van der Waals surface area contributed by atoms with E-state index in [1.54, 1.807) is 21.1 Å². The lowest BCUT2D eigenvalue weighted by atomic mass is 10.0. The fourth-order valence-corrected chi connectivity index (χ4v) is 7.56. The number of carboxylic acids is 1. The predicted molar refractivity (Wildman–Crippen MR) is 272 cm³/mol. The van der Waals surface area contributed by atoms with Crippen molar-refractivity contribution in [2.24, 2.45) is 0 Å². The Morgan fingerprint density at radius 1 is 0.477 bits per heavy atom. The van der Waals surface area contributed by atoms with Gasteiger partial charge in [0.15, 0.2) is 6.10 Å².